The number of nitriles is 2. The van der Waals surface area contributed by atoms with Crippen LogP contribution in [0.2, 0.25) is 0 Å². The third-order valence-corrected chi connectivity index (χ3v) is 4.50. The van der Waals surface area contributed by atoms with Crippen LogP contribution in [0.5, 0.6) is 0 Å². The largest absolute Gasteiger partial charge is 0.307 e. The van der Waals surface area contributed by atoms with Crippen LogP contribution in [0.3, 0.4) is 0 Å². The fourth-order valence-electron chi connectivity index (χ4n) is 3.20. The summed E-state index contributed by atoms with van der Waals surface area (Å²) in [7, 11) is 0. The van der Waals surface area contributed by atoms with E-state index < -0.39 is 11.8 Å². The lowest BCUT2D eigenvalue weighted by Gasteiger charge is -2.27. The highest BCUT2D eigenvalue weighted by molar-refractivity contribution is 6.04. The van der Waals surface area contributed by atoms with Crippen molar-refractivity contribution in [2.75, 3.05) is 5.32 Å². The molecular formula is C21H17N5O. The molecule has 2 unspecified atom stereocenters. The van der Waals surface area contributed by atoms with E-state index in [-0.39, 0.29) is 5.91 Å². The van der Waals surface area contributed by atoms with Crippen LogP contribution in [0.1, 0.15) is 35.7 Å². The van der Waals surface area contributed by atoms with Gasteiger partial charge in [-0.1, -0.05) is 18.2 Å². The number of allylic oxidation sites excluding steroid dienone is 2. The molecule has 27 heavy (non-hydrogen) atoms. The van der Waals surface area contributed by atoms with Crippen LogP contribution in [0, 0.1) is 28.6 Å². The molecule has 1 N–H and O–H groups in total. The number of aromatic nitrogens is 1. The van der Waals surface area contributed by atoms with E-state index in [4.69, 9.17) is 0 Å². The first-order valence-electron chi connectivity index (χ1n) is 8.43. The van der Waals surface area contributed by atoms with Crippen molar-refractivity contribution in [1.82, 2.24) is 4.98 Å². The van der Waals surface area contributed by atoms with Gasteiger partial charge in [0.1, 0.15) is 5.82 Å². The molecule has 6 nitrogen and oxygen atoms in total. The monoisotopic (exact) mass is 355 g/mol. The molecule has 0 aliphatic carbocycles. The lowest BCUT2D eigenvalue weighted by atomic mass is 9.76. The van der Waals surface area contributed by atoms with Crippen molar-refractivity contribution in [3.63, 3.8) is 0 Å². The fraction of sp³-hybridized carbons (Fsp3) is 0.190. The molecule has 2 aromatic rings. The maximum Gasteiger partial charge on any atom is 0.256 e. The zero-order valence-electron chi connectivity index (χ0n) is 15.0. The topological polar surface area (TPSA) is 102 Å². The molecular weight excluding hydrogens is 338 g/mol. The summed E-state index contributed by atoms with van der Waals surface area (Å²) in [4.78, 5) is 21.0. The number of hydrogen-bond acceptors (Lipinski definition) is 5. The van der Waals surface area contributed by atoms with E-state index in [1.165, 1.54) is 0 Å². The number of rotatable bonds is 3. The lowest BCUT2D eigenvalue weighted by Crippen LogP contribution is -2.25. The van der Waals surface area contributed by atoms with Gasteiger partial charge in [-0.2, -0.15) is 10.5 Å². The minimum atomic E-state index is -0.544. The number of anilines is 1. The second kappa shape index (κ2) is 7.63. The van der Waals surface area contributed by atoms with Gasteiger partial charge in [-0.05, 0) is 43.7 Å². The maximum absolute atomic E-state index is 12.6. The Labute approximate surface area is 157 Å². The minimum absolute atomic E-state index is 0.301. The predicted octanol–water partition coefficient (Wildman–Crippen LogP) is 3.83. The number of carbonyl (C=O) groups is 1. The van der Waals surface area contributed by atoms with Gasteiger partial charge in [0.15, 0.2) is 0 Å². The second-order valence-electron chi connectivity index (χ2n) is 6.24. The van der Waals surface area contributed by atoms with Gasteiger partial charge >= 0.3 is 0 Å². The van der Waals surface area contributed by atoms with E-state index in [0.29, 0.717) is 28.4 Å². The van der Waals surface area contributed by atoms with Gasteiger partial charge < -0.3 is 5.32 Å². The first kappa shape index (κ1) is 18.0. The summed E-state index contributed by atoms with van der Waals surface area (Å²) in [6.07, 6.45) is 1.60. The van der Waals surface area contributed by atoms with Crippen LogP contribution in [0.25, 0.3) is 0 Å². The van der Waals surface area contributed by atoms with Crippen molar-refractivity contribution >= 4 is 17.4 Å². The first-order chi connectivity index (χ1) is 13.0. The van der Waals surface area contributed by atoms with Crippen LogP contribution in [-0.4, -0.2) is 16.6 Å². The molecule has 1 aromatic heterocycles. The zero-order chi connectivity index (χ0) is 19.4. The van der Waals surface area contributed by atoms with Crippen molar-refractivity contribution in [2.24, 2.45) is 10.9 Å². The average molecular weight is 355 g/mol. The Bertz CT molecular complexity index is 1020. The van der Waals surface area contributed by atoms with Gasteiger partial charge in [-0.15, -0.1) is 0 Å². The van der Waals surface area contributed by atoms with E-state index in [1.54, 1.807) is 56.4 Å². The molecule has 1 aromatic carbocycles. The predicted molar refractivity (Wildman–Crippen MR) is 102 cm³/mol. The Kier molecular flexibility index (Phi) is 5.10. The Morgan fingerprint density at radius 3 is 2.63 bits per heavy atom. The Morgan fingerprint density at radius 1 is 1.15 bits per heavy atom. The lowest BCUT2D eigenvalue weighted by molar-refractivity contribution is 0.102. The zero-order valence-corrected chi connectivity index (χ0v) is 15.0. The molecule has 3 rings (SSSR count). The molecule has 2 atom stereocenters. The van der Waals surface area contributed by atoms with Crippen molar-refractivity contribution < 1.29 is 4.79 Å². The molecule has 1 aliphatic rings. The maximum atomic E-state index is 12.6. The molecule has 1 amide bonds. The van der Waals surface area contributed by atoms with E-state index in [9.17, 15) is 15.3 Å². The number of amides is 1. The van der Waals surface area contributed by atoms with Gasteiger partial charge in [0.05, 0.1) is 29.3 Å². The Hall–Kier alpha value is -3.77. The van der Waals surface area contributed by atoms with E-state index in [1.807, 2.05) is 6.07 Å². The van der Waals surface area contributed by atoms with Crippen molar-refractivity contribution in [3.05, 3.63) is 71.1 Å². The molecule has 1 aliphatic heterocycles. The summed E-state index contributed by atoms with van der Waals surface area (Å²) in [5, 5.41) is 21.9. The normalized spacial score (nSPS) is 18.9. The Balaban J connectivity index is 1.97. The van der Waals surface area contributed by atoms with Gasteiger partial charge in [0.25, 0.3) is 5.91 Å². The quantitative estimate of drug-likeness (QED) is 0.904. The number of aliphatic imine (C=N–C) groups is 1. The molecule has 0 bridgehead atoms. The molecule has 6 heteroatoms. The number of hydrogen-bond donors (Lipinski definition) is 1. The minimum Gasteiger partial charge on any atom is -0.307 e. The molecule has 2 heterocycles. The third-order valence-electron chi connectivity index (χ3n) is 4.50. The molecule has 132 valence electrons. The van der Waals surface area contributed by atoms with Crippen molar-refractivity contribution in [1.29, 1.82) is 10.5 Å². The van der Waals surface area contributed by atoms with Crippen LogP contribution < -0.4 is 5.32 Å². The molecule has 0 fully saturated rings. The van der Waals surface area contributed by atoms with Gasteiger partial charge in [-0.3, -0.25) is 9.79 Å². The molecule has 0 spiro atoms. The third kappa shape index (κ3) is 3.61. The summed E-state index contributed by atoms with van der Waals surface area (Å²) < 4.78 is 0. The summed E-state index contributed by atoms with van der Waals surface area (Å²) in [5.74, 6) is -0.834. The number of carbonyl (C=O) groups excluding carboxylic acids is 1. The summed E-state index contributed by atoms with van der Waals surface area (Å²) in [5.41, 5.74) is 2.90. The van der Waals surface area contributed by atoms with E-state index >= 15 is 0 Å². The van der Waals surface area contributed by atoms with Crippen molar-refractivity contribution in [3.8, 4) is 12.1 Å². The van der Waals surface area contributed by atoms with Crippen LogP contribution in [-0.2, 0) is 0 Å². The highest BCUT2D eigenvalue weighted by atomic mass is 16.1. The first-order valence-corrected chi connectivity index (χ1v) is 8.43. The van der Waals surface area contributed by atoms with Crippen molar-refractivity contribution in [2.45, 2.75) is 19.8 Å². The number of nitrogens with zero attached hydrogens (tertiary/aromatic N) is 4. The fourth-order valence-corrected chi connectivity index (χ4v) is 3.20. The molecule has 0 saturated carbocycles. The SMILES string of the molecule is CC1=NC(C)=C(C#N)C(c2cccc(C(=O)Nc3ccccn3)c2)C1C#N. The average Bonchev–Trinajstić information content (AvgIpc) is 2.68. The van der Waals surface area contributed by atoms with Gasteiger partial charge in [-0.25, -0.2) is 4.98 Å². The summed E-state index contributed by atoms with van der Waals surface area (Å²) >= 11 is 0. The van der Waals surface area contributed by atoms with Crippen LogP contribution in [0.15, 0.2) is 64.9 Å². The standard InChI is InChI=1S/C21H17N5O/c1-13-17(11-22)20(18(12-23)14(2)25-13)15-6-5-7-16(10-15)21(27)26-19-8-3-4-9-24-19/h3-10,17,20H,1-2H3,(H,24,26,27). The molecule has 0 saturated heterocycles. The highest BCUT2D eigenvalue weighted by Gasteiger charge is 2.34. The number of pyridine rings is 1. The summed E-state index contributed by atoms with van der Waals surface area (Å²) in [6.45, 7) is 3.55. The number of nitrogens with one attached hydrogen (secondary N) is 1. The van der Waals surface area contributed by atoms with Gasteiger partial charge in [0, 0.05) is 23.4 Å². The summed E-state index contributed by atoms with van der Waals surface area (Å²) in [6, 6.07) is 16.7. The van der Waals surface area contributed by atoms with Crippen LogP contribution in [0.4, 0.5) is 5.82 Å². The second-order valence-corrected chi connectivity index (χ2v) is 6.24. The number of benzene rings is 1. The van der Waals surface area contributed by atoms with E-state index in [0.717, 1.165) is 5.56 Å². The molecule has 0 radical (unpaired) electrons. The highest BCUT2D eigenvalue weighted by Crippen LogP contribution is 2.38. The van der Waals surface area contributed by atoms with E-state index in [2.05, 4.69) is 27.4 Å². The van der Waals surface area contributed by atoms with Crippen LogP contribution >= 0.6 is 0 Å². The Morgan fingerprint density at radius 2 is 1.96 bits per heavy atom. The smallest absolute Gasteiger partial charge is 0.256 e. The van der Waals surface area contributed by atoms with Gasteiger partial charge in [0.2, 0.25) is 0 Å².